The van der Waals surface area contributed by atoms with Crippen molar-refractivity contribution in [3.05, 3.63) is 46.2 Å². The number of benzene rings is 1. The summed E-state index contributed by atoms with van der Waals surface area (Å²) in [5.74, 6) is 0. The van der Waals surface area contributed by atoms with E-state index in [1.54, 1.807) is 11.3 Å². The number of rotatable bonds is 1. The zero-order valence-electron chi connectivity index (χ0n) is 10.5. The Morgan fingerprint density at radius 1 is 0.842 bits per heavy atom. The van der Waals surface area contributed by atoms with Gasteiger partial charge in [0.2, 0.25) is 0 Å². The molecule has 0 radical (unpaired) electrons. The van der Waals surface area contributed by atoms with Crippen LogP contribution in [0.3, 0.4) is 0 Å². The van der Waals surface area contributed by atoms with Gasteiger partial charge >= 0.3 is 12.3 Å². The van der Waals surface area contributed by atoms with Gasteiger partial charge in [0.05, 0.1) is 0 Å². The van der Waals surface area contributed by atoms with Crippen LogP contribution in [-0.2, 0) is 19.2 Å². The van der Waals surface area contributed by atoms with Gasteiger partial charge in [0, 0.05) is 4.88 Å². The van der Waals surface area contributed by atoms with Crippen molar-refractivity contribution in [2.45, 2.75) is 13.8 Å². The van der Waals surface area contributed by atoms with Gasteiger partial charge in [0.15, 0.2) is 0 Å². The Morgan fingerprint density at radius 2 is 1.32 bits per heavy atom. The first-order valence-corrected chi connectivity index (χ1v) is 6.08. The quantitative estimate of drug-likeness (QED) is 0.803. The fourth-order valence-electron chi connectivity index (χ4n) is 1.42. The molecule has 1 aromatic carbocycles. The summed E-state index contributed by atoms with van der Waals surface area (Å²) >= 11 is 1.80. The fourth-order valence-corrected chi connectivity index (χ4v) is 2.14. The first-order chi connectivity index (χ1) is 9.10. The third-order valence-corrected chi connectivity index (χ3v) is 3.07. The van der Waals surface area contributed by atoms with E-state index in [-0.39, 0.29) is 12.3 Å². The minimum atomic E-state index is 0.250. The maximum absolute atomic E-state index is 8.12. The Morgan fingerprint density at radius 3 is 1.68 bits per heavy atom. The zero-order chi connectivity index (χ0) is 14.7. The third kappa shape index (κ3) is 6.24. The average molecular weight is 276 g/mol. The molecule has 2 aromatic rings. The van der Waals surface area contributed by atoms with E-state index in [9.17, 15) is 0 Å². The molecule has 0 N–H and O–H groups in total. The van der Waals surface area contributed by atoms with Crippen LogP contribution < -0.4 is 0 Å². The molecule has 0 bridgehead atoms. The first kappa shape index (κ1) is 16.7. The van der Waals surface area contributed by atoms with E-state index < -0.39 is 0 Å². The summed E-state index contributed by atoms with van der Waals surface area (Å²) in [6.07, 6.45) is 0.500. The van der Waals surface area contributed by atoms with Crippen molar-refractivity contribution >= 4 is 23.6 Å². The van der Waals surface area contributed by atoms with Crippen LogP contribution in [0.15, 0.2) is 35.7 Å². The number of aryl methyl sites for hydroxylation is 2. The Balaban J connectivity index is 0.000000465. The molecule has 0 aliphatic rings. The molecule has 98 valence electrons. The highest BCUT2D eigenvalue weighted by molar-refractivity contribution is 7.10. The van der Waals surface area contributed by atoms with E-state index in [1.165, 1.54) is 21.6 Å². The predicted octanol–water partition coefficient (Wildman–Crippen LogP) is 2.86. The lowest BCUT2D eigenvalue weighted by Gasteiger charge is -2.00. The molecule has 2 rings (SSSR count). The summed E-state index contributed by atoms with van der Waals surface area (Å²) in [4.78, 5) is 33.9. The number of carbonyl (C=O) groups excluding carboxylic acids is 4. The maximum atomic E-state index is 8.12. The van der Waals surface area contributed by atoms with Gasteiger partial charge in [0.1, 0.15) is 0 Å². The van der Waals surface area contributed by atoms with Crippen LogP contribution in [0.4, 0.5) is 0 Å². The Kier molecular flexibility index (Phi) is 8.50. The van der Waals surface area contributed by atoms with Crippen LogP contribution in [0.5, 0.6) is 0 Å². The summed E-state index contributed by atoms with van der Waals surface area (Å²) in [7, 11) is 0. The molecule has 0 amide bonds. The minimum absolute atomic E-state index is 0.250. The van der Waals surface area contributed by atoms with Gasteiger partial charge in [-0.2, -0.15) is 19.2 Å². The highest BCUT2D eigenvalue weighted by Gasteiger charge is 2.01. The van der Waals surface area contributed by atoms with E-state index in [0.717, 1.165) is 0 Å². The highest BCUT2D eigenvalue weighted by atomic mass is 32.1. The number of hydrogen-bond donors (Lipinski definition) is 0. The van der Waals surface area contributed by atoms with Crippen molar-refractivity contribution < 1.29 is 19.2 Å². The molecule has 0 aliphatic heterocycles. The summed E-state index contributed by atoms with van der Waals surface area (Å²) < 4.78 is 0. The number of thiophene rings is 1. The average Bonchev–Trinajstić information content (AvgIpc) is 2.79. The molecule has 0 saturated carbocycles. The molecule has 19 heavy (non-hydrogen) atoms. The topological polar surface area (TPSA) is 68.3 Å². The molecule has 1 aromatic heterocycles. The second-order valence-corrected chi connectivity index (χ2v) is 4.54. The summed E-state index contributed by atoms with van der Waals surface area (Å²) in [5.41, 5.74) is 4.01. The van der Waals surface area contributed by atoms with Gasteiger partial charge in [0.25, 0.3) is 0 Å². The smallest absolute Gasteiger partial charge is 0.186 e. The van der Waals surface area contributed by atoms with Crippen molar-refractivity contribution in [1.29, 1.82) is 0 Å². The molecule has 4 nitrogen and oxygen atoms in total. The first-order valence-electron chi connectivity index (χ1n) is 5.20. The Bertz CT molecular complexity index is 545. The fraction of sp³-hybridized carbons (Fsp3) is 0.143. The lowest BCUT2D eigenvalue weighted by atomic mass is 10.1. The van der Waals surface area contributed by atoms with E-state index in [0.29, 0.717) is 0 Å². The van der Waals surface area contributed by atoms with Crippen LogP contribution in [0.2, 0.25) is 0 Å². The van der Waals surface area contributed by atoms with Crippen LogP contribution in [0.1, 0.15) is 10.4 Å². The molecule has 5 heteroatoms. The second kappa shape index (κ2) is 9.68. The maximum Gasteiger partial charge on any atom is 0.373 e. The SMILES string of the molecule is Cc1ccc(-c2ccsc2C)cc1.O=C=O.O=C=O. The highest BCUT2D eigenvalue weighted by Crippen LogP contribution is 2.27. The van der Waals surface area contributed by atoms with Gasteiger partial charge in [-0.15, -0.1) is 11.3 Å². The van der Waals surface area contributed by atoms with Crippen LogP contribution >= 0.6 is 11.3 Å². The Hall–Kier alpha value is -2.32. The van der Waals surface area contributed by atoms with Crippen LogP contribution in [0, 0.1) is 13.8 Å². The number of hydrogen-bond acceptors (Lipinski definition) is 5. The minimum Gasteiger partial charge on any atom is -0.186 e. The van der Waals surface area contributed by atoms with Crippen molar-refractivity contribution in [2.75, 3.05) is 0 Å². The van der Waals surface area contributed by atoms with Gasteiger partial charge < -0.3 is 0 Å². The molecule has 0 aliphatic carbocycles. The molecule has 0 fully saturated rings. The van der Waals surface area contributed by atoms with Crippen molar-refractivity contribution in [3.63, 3.8) is 0 Å². The largest absolute Gasteiger partial charge is 0.373 e. The van der Waals surface area contributed by atoms with Crippen molar-refractivity contribution in [2.24, 2.45) is 0 Å². The molecule has 0 saturated heterocycles. The molecular formula is C14H12O4S. The van der Waals surface area contributed by atoms with E-state index >= 15 is 0 Å². The molecular weight excluding hydrogens is 264 g/mol. The predicted molar refractivity (Wildman–Crippen MR) is 69.2 cm³/mol. The molecule has 0 unspecified atom stereocenters. The standard InChI is InChI=1S/C12H12S.2CO2/c1-9-3-5-11(6-4-9)12-7-8-13-10(12)2;2*2-1-3/h3-8H,1-2H3;;. The van der Waals surface area contributed by atoms with E-state index in [2.05, 4.69) is 49.6 Å². The molecule has 1 heterocycles. The van der Waals surface area contributed by atoms with Gasteiger partial charge in [-0.1, -0.05) is 29.8 Å². The normalized spacial score (nSPS) is 7.89. The molecule has 0 spiro atoms. The van der Waals surface area contributed by atoms with Crippen molar-refractivity contribution in [1.82, 2.24) is 0 Å². The summed E-state index contributed by atoms with van der Waals surface area (Å²) in [6, 6.07) is 10.9. The van der Waals surface area contributed by atoms with Crippen molar-refractivity contribution in [3.8, 4) is 11.1 Å². The lowest BCUT2D eigenvalue weighted by molar-refractivity contribution is -0.193. The van der Waals surface area contributed by atoms with Gasteiger partial charge in [-0.05, 0) is 36.4 Å². The molecule has 0 atom stereocenters. The monoisotopic (exact) mass is 276 g/mol. The van der Waals surface area contributed by atoms with Crippen LogP contribution in [0.25, 0.3) is 11.1 Å². The lowest BCUT2D eigenvalue weighted by Crippen LogP contribution is -1.76. The van der Waals surface area contributed by atoms with Crippen LogP contribution in [-0.4, -0.2) is 12.3 Å². The van der Waals surface area contributed by atoms with E-state index in [1.807, 2.05) is 0 Å². The van der Waals surface area contributed by atoms with Gasteiger partial charge in [-0.3, -0.25) is 0 Å². The summed E-state index contributed by atoms with van der Waals surface area (Å²) in [5, 5.41) is 2.14. The second-order valence-electron chi connectivity index (χ2n) is 3.42. The van der Waals surface area contributed by atoms with E-state index in [4.69, 9.17) is 19.2 Å². The summed E-state index contributed by atoms with van der Waals surface area (Å²) in [6.45, 7) is 4.28. The third-order valence-electron chi connectivity index (χ3n) is 2.22. The van der Waals surface area contributed by atoms with Gasteiger partial charge in [-0.25, -0.2) is 0 Å². The zero-order valence-corrected chi connectivity index (χ0v) is 11.3. The Labute approximate surface area is 114 Å².